The predicted molar refractivity (Wildman–Crippen MR) is 114 cm³/mol. The molecule has 0 unspecified atom stereocenters. The average molecular weight is 396 g/mol. The van der Waals surface area contributed by atoms with Gasteiger partial charge >= 0.3 is 0 Å². The molecule has 0 aromatic carbocycles. The van der Waals surface area contributed by atoms with Gasteiger partial charge in [-0.3, -0.25) is 5.10 Å². The van der Waals surface area contributed by atoms with Crippen molar-refractivity contribution in [1.29, 1.82) is 0 Å². The largest absolute Gasteiger partial charge is 0.291 e. The van der Waals surface area contributed by atoms with Crippen LogP contribution < -0.4 is 0 Å². The minimum Gasteiger partial charge on any atom is -0.291 e. The zero-order valence-corrected chi connectivity index (χ0v) is 17.2. The predicted octanol–water partition coefficient (Wildman–Crippen LogP) is 6.15. The molecule has 5 aromatic rings. The summed E-state index contributed by atoms with van der Waals surface area (Å²) in [5.74, 6) is 1.47. The summed E-state index contributed by atoms with van der Waals surface area (Å²) < 4.78 is 2.10. The highest BCUT2D eigenvalue weighted by molar-refractivity contribution is 7.20. The summed E-state index contributed by atoms with van der Waals surface area (Å²) in [5, 5.41) is 9.02. The number of hydrogen-bond acceptors (Lipinski definition) is 5. The van der Waals surface area contributed by atoms with E-state index in [9.17, 15) is 0 Å². The Kier molecular flexibility index (Phi) is 4.02. The molecule has 0 aliphatic carbocycles. The van der Waals surface area contributed by atoms with Gasteiger partial charge < -0.3 is 0 Å². The summed E-state index contributed by atoms with van der Waals surface area (Å²) in [6.07, 6.45) is 7.45. The summed E-state index contributed by atoms with van der Waals surface area (Å²) in [7, 11) is 0. The maximum atomic E-state index is 4.98. The Hall–Kier alpha value is -2.25. The molecule has 0 aliphatic rings. The van der Waals surface area contributed by atoms with Crippen LogP contribution in [0.3, 0.4) is 0 Å². The first kappa shape index (κ1) is 16.9. The molecule has 0 amide bonds. The molecule has 0 aliphatic heterocycles. The van der Waals surface area contributed by atoms with E-state index >= 15 is 0 Å². The van der Waals surface area contributed by atoms with Crippen molar-refractivity contribution in [2.24, 2.45) is 0 Å². The number of aromatic amines is 1. The number of pyridine rings is 1. The molecule has 0 bridgehead atoms. The molecule has 0 saturated heterocycles. The number of aromatic nitrogens is 5. The Labute approximate surface area is 165 Å². The van der Waals surface area contributed by atoms with E-state index in [1.807, 2.05) is 36.0 Å². The summed E-state index contributed by atoms with van der Waals surface area (Å²) in [4.78, 5) is 16.5. The van der Waals surface area contributed by atoms with Gasteiger partial charge in [-0.25, -0.2) is 19.5 Å². The van der Waals surface area contributed by atoms with Gasteiger partial charge in [0.1, 0.15) is 21.4 Å². The number of thiophene rings is 1. The van der Waals surface area contributed by atoms with Crippen LogP contribution in [0, 0.1) is 6.92 Å². The minimum absolute atomic E-state index is 0.508. The van der Waals surface area contributed by atoms with E-state index in [4.69, 9.17) is 4.98 Å². The van der Waals surface area contributed by atoms with Crippen molar-refractivity contribution >= 4 is 49.3 Å². The van der Waals surface area contributed by atoms with Crippen molar-refractivity contribution in [3.8, 4) is 10.7 Å². The summed E-state index contributed by atoms with van der Waals surface area (Å²) >= 11 is 3.45. The number of imidazole rings is 1. The fraction of sp³-hybridized carbons (Fsp3) is 0.350. The molecule has 0 spiro atoms. The maximum Gasteiger partial charge on any atom is 0.141 e. The molecule has 5 aromatic heterocycles. The molecule has 138 valence electrons. The van der Waals surface area contributed by atoms with Crippen molar-refractivity contribution in [2.45, 2.75) is 46.0 Å². The van der Waals surface area contributed by atoms with Gasteiger partial charge in [-0.1, -0.05) is 26.7 Å². The highest BCUT2D eigenvalue weighted by atomic mass is 32.1. The fourth-order valence-electron chi connectivity index (χ4n) is 3.76. The van der Waals surface area contributed by atoms with Gasteiger partial charge in [-0.2, -0.15) is 0 Å². The van der Waals surface area contributed by atoms with Gasteiger partial charge in [0.05, 0.1) is 17.2 Å². The van der Waals surface area contributed by atoms with E-state index in [-0.39, 0.29) is 0 Å². The molecular formula is C20H21N5S2. The van der Waals surface area contributed by atoms with Crippen molar-refractivity contribution in [2.75, 3.05) is 0 Å². The van der Waals surface area contributed by atoms with Gasteiger partial charge in [-0.05, 0) is 25.3 Å². The highest BCUT2D eigenvalue weighted by Gasteiger charge is 2.21. The second kappa shape index (κ2) is 6.42. The smallest absolute Gasteiger partial charge is 0.141 e. The lowest BCUT2D eigenvalue weighted by atomic mass is 10.0. The Bertz CT molecular complexity index is 1240. The number of fused-ring (bicyclic) bond motifs is 2. The zero-order chi connectivity index (χ0) is 18.5. The van der Waals surface area contributed by atoms with Crippen LogP contribution in [0.5, 0.6) is 0 Å². The van der Waals surface area contributed by atoms with Crippen molar-refractivity contribution in [3.63, 3.8) is 0 Å². The summed E-state index contributed by atoms with van der Waals surface area (Å²) in [6, 6.07) is 2.17. The van der Waals surface area contributed by atoms with Crippen LogP contribution in [0.1, 0.15) is 49.7 Å². The van der Waals surface area contributed by atoms with Gasteiger partial charge in [0.25, 0.3) is 0 Å². The molecule has 5 nitrogen and oxygen atoms in total. The van der Waals surface area contributed by atoms with Crippen LogP contribution in [-0.2, 0) is 0 Å². The molecule has 5 rings (SSSR count). The first-order valence-corrected chi connectivity index (χ1v) is 11.1. The van der Waals surface area contributed by atoms with E-state index in [1.165, 1.54) is 40.4 Å². The topological polar surface area (TPSA) is 58.9 Å². The SMILES string of the molecule is CCCC[C@@H](C)c1sc2nc(-c3nccs3)cc3c2c1[nH]n1c(C)ncc31. The summed E-state index contributed by atoms with van der Waals surface area (Å²) in [5.41, 5.74) is 3.25. The number of hydrogen-bond donors (Lipinski definition) is 1. The van der Waals surface area contributed by atoms with Crippen LogP contribution in [0.25, 0.3) is 37.3 Å². The first-order valence-electron chi connectivity index (χ1n) is 9.36. The lowest BCUT2D eigenvalue weighted by Crippen LogP contribution is -1.99. The lowest BCUT2D eigenvalue weighted by Gasteiger charge is -2.10. The Morgan fingerprint density at radius 1 is 1.30 bits per heavy atom. The zero-order valence-electron chi connectivity index (χ0n) is 15.6. The van der Waals surface area contributed by atoms with E-state index in [2.05, 4.69) is 39.5 Å². The van der Waals surface area contributed by atoms with E-state index in [0.717, 1.165) is 26.9 Å². The van der Waals surface area contributed by atoms with Gasteiger partial charge in [0.15, 0.2) is 0 Å². The normalized spacial score (nSPS) is 13.3. The number of thiazole rings is 1. The second-order valence-corrected chi connectivity index (χ2v) is 9.02. The quantitative estimate of drug-likeness (QED) is 0.388. The van der Waals surface area contributed by atoms with Crippen LogP contribution >= 0.6 is 22.7 Å². The van der Waals surface area contributed by atoms with Crippen molar-refractivity contribution in [1.82, 2.24) is 24.6 Å². The number of nitrogens with zero attached hydrogens (tertiary/aromatic N) is 4. The molecule has 1 N–H and O–H groups in total. The van der Waals surface area contributed by atoms with E-state index < -0.39 is 0 Å². The Morgan fingerprint density at radius 3 is 2.96 bits per heavy atom. The van der Waals surface area contributed by atoms with Crippen LogP contribution in [0.15, 0.2) is 23.8 Å². The third-order valence-electron chi connectivity index (χ3n) is 5.22. The molecular weight excluding hydrogens is 374 g/mol. The van der Waals surface area contributed by atoms with E-state index in [0.29, 0.717) is 5.92 Å². The molecule has 5 heterocycles. The van der Waals surface area contributed by atoms with Crippen molar-refractivity contribution < 1.29 is 0 Å². The third-order valence-corrected chi connectivity index (χ3v) is 7.33. The van der Waals surface area contributed by atoms with Crippen LogP contribution in [0.2, 0.25) is 0 Å². The van der Waals surface area contributed by atoms with Gasteiger partial charge in [0, 0.05) is 27.2 Å². The maximum absolute atomic E-state index is 4.98. The minimum atomic E-state index is 0.508. The molecule has 1 atom stereocenters. The standard InChI is InChI=1S/C20H21N5S2/c1-4-5-6-11(2)18-17-16-13(15-10-22-12(3)25(15)24-17)9-14(23-20(16)27-18)19-21-7-8-26-19/h7-11,24H,4-6H2,1-3H3/t11-/m1/s1. The molecule has 0 fully saturated rings. The highest BCUT2D eigenvalue weighted by Crippen LogP contribution is 2.42. The lowest BCUT2D eigenvalue weighted by molar-refractivity contribution is 0.633. The van der Waals surface area contributed by atoms with Gasteiger partial charge in [-0.15, -0.1) is 22.7 Å². The third kappa shape index (κ3) is 2.60. The molecule has 0 radical (unpaired) electrons. The summed E-state index contributed by atoms with van der Waals surface area (Å²) in [6.45, 7) is 6.62. The number of H-pyrrole nitrogens is 1. The average Bonchev–Trinajstić information content (AvgIpc) is 3.40. The van der Waals surface area contributed by atoms with E-state index in [1.54, 1.807) is 11.3 Å². The monoisotopic (exact) mass is 395 g/mol. The van der Waals surface area contributed by atoms with Crippen LogP contribution in [0.4, 0.5) is 0 Å². The fourth-order valence-corrected chi connectivity index (χ4v) is 5.60. The Balaban J connectivity index is 1.85. The van der Waals surface area contributed by atoms with Crippen LogP contribution in [-0.4, -0.2) is 24.6 Å². The van der Waals surface area contributed by atoms with Gasteiger partial charge in [0.2, 0.25) is 0 Å². The number of rotatable bonds is 5. The molecule has 27 heavy (non-hydrogen) atoms. The first-order chi connectivity index (χ1) is 13.2. The number of unbranched alkanes of at least 4 members (excludes halogenated alkanes) is 1. The number of nitrogens with one attached hydrogen (secondary N) is 1. The molecule has 0 saturated carbocycles. The second-order valence-electron chi connectivity index (χ2n) is 7.09. The Morgan fingerprint density at radius 2 is 2.19 bits per heavy atom. The number of aryl methyl sites for hydroxylation is 1. The van der Waals surface area contributed by atoms with Crippen molar-refractivity contribution in [3.05, 3.63) is 34.5 Å². The molecule has 7 heteroatoms.